The molecule has 0 unspecified atom stereocenters. The van der Waals surface area contributed by atoms with Crippen molar-refractivity contribution < 1.29 is 9.84 Å². The molecule has 0 aromatic carbocycles. The molecule has 0 radical (unpaired) electrons. The van der Waals surface area contributed by atoms with Crippen molar-refractivity contribution in [2.24, 2.45) is 0 Å². The molecule has 16 heavy (non-hydrogen) atoms. The van der Waals surface area contributed by atoms with Gasteiger partial charge >= 0.3 is 0 Å². The molecule has 1 aromatic rings. The van der Waals surface area contributed by atoms with Gasteiger partial charge in [0.25, 0.3) is 0 Å². The second kappa shape index (κ2) is 4.51. The fraction of sp³-hybridized carbons (Fsp3) is 0.818. The largest absolute Gasteiger partial charge is 0.389 e. The summed E-state index contributed by atoms with van der Waals surface area (Å²) in [5, 5.41) is 14.3. The molecular formula is C11H19N3O2. The maximum absolute atomic E-state index is 10.2. The topological polar surface area (TPSA) is 60.2 Å². The molecule has 0 bridgehead atoms. The van der Waals surface area contributed by atoms with E-state index in [0.717, 1.165) is 12.4 Å². The smallest absolute Gasteiger partial charge is 0.138 e. The van der Waals surface area contributed by atoms with Gasteiger partial charge in [0.05, 0.1) is 11.7 Å². The molecule has 90 valence electrons. The second-order valence-corrected chi connectivity index (χ2v) is 4.38. The van der Waals surface area contributed by atoms with Crippen LogP contribution in [0.1, 0.15) is 32.5 Å². The van der Waals surface area contributed by atoms with Crippen molar-refractivity contribution in [1.29, 1.82) is 0 Å². The van der Waals surface area contributed by atoms with Crippen LogP contribution in [0.2, 0.25) is 0 Å². The standard InChI is InChI=1S/C11H19N3O2/c1-3-14-10(12-8-13-14)7-11(15)5-9(6-11)16-4-2/h8-9,15H,3-7H2,1-2H3. The molecule has 1 N–H and O–H groups in total. The van der Waals surface area contributed by atoms with E-state index >= 15 is 0 Å². The third kappa shape index (κ3) is 2.25. The van der Waals surface area contributed by atoms with Gasteiger partial charge in [0, 0.05) is 32.4 Å². The summed E-state index contributed by atoms with van der Waals surface area (Å²) in [6, 6.07) is 0. The molecule has 0 spiro atoms. The van der Waals surface area contributed by atoms with E-state index in [1.165, 1.54) is 0 Å². The first-order chi connectivity index (χ1) is 7.67. The normalized spacial score (nSPS) is 29.1. The lowest BCUT2D eigenvalue weighted by molar-refractivity contribution is -0.137. The Balaban J connectivity index is 1.91. The van der Waals surface area contributed by atoms with Crippen LogP contribution in [0.5, 0.6) is 0 Å². The average Bonchev–Trinajstić information content (AvgIpc) is 2.63. The van der Waals surface area contributed by atoms with E-state index in [2.05, 4.69) is 10.1 Å². The van der Waals surface area contributed by atoms with Gasteiger partial charge in [-0.25, -0.2) is 4.98 Å². The van der Waals surface area contributed by atoms with E-state index < -0.39 is 5.60 Å². The zero-order valence-corrected chi connectivity index (χ0v) is 9.89. The number of hydrogen-bond donors (Lipinski definition) is 1. The predicted molar refractivity (Wildman–Crippen MR) is 59.0 cm³/mol. The molecule has 1 saturated carbocycles. The summed E-state index contributed by atoms with van der Waals surface area (Å²) in [6.07, 6.45) is 3.74. The monoisotopic (exact) mass is 225 g/mol. The first-order valence-electron chi connectivity index (χ1n) is 5.87. The fourth-order valence-corrected chi connectivity index (χ4v) is 2.27. The zero-order chi connectivity index (χ0) is 11.6. The molecule has 2 rings (SSSR count). The average molecular weight is 225 g/mol. The Bertz CT molecular complexity index is 345. The van der Waals surface area contributed by atoms with Crippen LogP contribution in [0.25, 0.3) is 0 Å². The summed E-state index contributed by atoms with van der Waals surface area (Å²) in [5.41, 5.74) is -0.639. The van der Waals surface area contributed by atoms with Crippen LogP contribution in [0.3, 0.4) is 0 Å². The molecule has 1 fully saturated rings. The highest BCUT2D eigenvalue weighted by Crippen LogP contribution is 2.36. The van der Waals surface area contributed by atoms with E-state index in [1.54, 1.807) is 6.33 Å². The van der Waals surface area contributed by atoms with E-state index in [9.17, 15) is 5.11 Å². The van der Waals surface area contributed by atoms with Gasteiger partial charge < -0.3 is 9.84 Å². The maximum atomic E-state index is 10.2. The Labute approximate surface area is 95.4 Å². The lowest BCUT2D eigenvalue weighted by atomic mass is 9.75. The van der Waals surface area contributed by atoms with Gasteiger partial charge in [-0.05, 0) is 13.8 Å². The van der Waals surface area contributed by atoms with Crippen molar-refractivity contribution in [2.75, 3.05) is 6.61 Å². The van der Waals surface area contributed by atoms with Crippen LogP contribution < -0.4 is 0 Å². The molecule has 5 heteroatoms. The summed E-state index contributed by atoms with van der Waals surface area (Å²) in [4.78, 5) is 4.18. The molecular weight excluding hydrogens is 206 g/mol. The summed E-state index contributed by atoms with van der Waals surface area (Å²) >= 11 is 0. The Morgan fingerprint density at radius 2 is 2.31 bits per heavy atom. The van der Waals surface area contributed by atoms with Gasteiger partial charge in [0.15, 0.2) is 0 Å². The second-order valence-electron chi connectivity index (χ2n) is 4.38. The van der Waals surface area contributed by atoms with E-state index in [0.29, 0.717) is 25.9 Å². The van der Waals surface area contributed by atoms with Crippen molar-refractivity contribution in [3.63, 3.8) is 0 Å². The van der Waals surface area contributed by atoms with Crippen molar-refractivity contribution in [1.82, 2.24) is 14.8 Å². The van der Waals surface area contributed by atoms with Gasteiger partial charge in [-0.3, -0.25) is 4.68 Å². The highest BCUT2D eigenvalue weighted by Gasteiger charge is 2.44. The van der Waals surface area contributed by atoms with E-state index in [1.807, 2.05) is 18.5 Å². The molecule has 1 aromatic heterocycles. The first-order valence-corrected chi connectivity index (χ1v) is 5.87. The van der Waals surface area contributed by atoms with Crippen molar-refractivity contribution in [3.05, 3.63) is 12.2 Å². The highest BCUT2D eigenvalue weighted by molar-refractivity contribution is 5.03. The molecule has 1 aliphatic rings. The van der Waals surface area contributed by atoms with Gasteiger partial charge in [0.1, 0.15) is 12.2 Å². The number of aromatic nitrogens is 3. The number of aryl methyl sites for hydroxylation is 1. The van der Waals surface area contributed by atoms with Crippen LogP contribution in [0.4, 0.5) is 0 Å². The minimum Gasteiger partial charge on any atom is -0.389 e. The Hall–Kier alpha value is -0.940. The molecule has 0 atom stereocenters. The molecule has 1 aliphatic carbocycles. The molecule has 0 saturated heterocycles. The third-order valence-electron chi connectivity index (χ3n) is 3.10. The Morgan fingerprint density at radius 3 is 2.94 bits per heavy atom. The Morgan fingerprint density at radius 1 is 1.56 bits per heavy atom. The number of hydrogen-bond acceptors (Lipinski definition) is 4. The zero-order valence-electron chi connectivity index (χ0n) is 9.89. The summed E-state index contributed by atoms with van der Waals surface area (Å²) in [5.74, 6) is 0.861. The number of aliphatic hydroxyl groups is 1. The lowest BCUT2D eigenvalue weighted by Crippen LogP contribution is -2.50. The van der Waals surface area contributed by atoms with Gasteiger partial charge in [-0.1, -0.05) is 0 Å². The van der Waals surface area contributed by atoms with Crippen molar-refractivity contribution in [3.8, 4) is 0 Å². The van der Waals surface area contributed by atoms with Gasteiger partial charge in [-0.15, -0.1) is 0 Å². The van der Waals surface area contributed by atoms with Crippen LogP contribution >= 0.6 is 0 Å². The number of nitrogens with zero attached hydrogens (tertiary/aromatic N) is 3. The fourth-order valence-electron chi connectivity index (χ4n) is 2.27. The van der Waals surface area contributed by atoms with Crippen LogP contribution in [0, 0.1) is 0 Å². The molecule has 0 aliphatic heterocycles. The first kappa shape index (κ1) is 11.5. The quantitative estimate of drug-likeness (QED) is 0.804. The molecule has 0 amide bonds. The van der Waals surface area contributed by atoms with Gasteiger partial charge in [-0.2, -0.15) is 5.10 Å². The van der Waals surface area contributed by atoms with Gasteiger partial charge in [0.2, 0.25) is 0 Å². The number of rotatable bonds is 5. The summed E-state index contributed by atoms with van der Waals surface area (Å²) < 4.78 is 7.27. The highest BCUT2D eigenvalue weighted by atomic mass is 16.5. The summed E-state index contributed by atoms with van der Waals surface area (Å²) in [6.45, 7) is 5.50. The van der Waals surface area contributed by atoms with E-state index in [4.69, 9.17) is 4.74 Å². The van der Waals surface area contributed by atoms with Crippen molar-refractivity contribution >= 4 is 0 Å². The number of ether oxygens (including phenoxy) is 1. The van der Waals surface area contributed by atoms with E-state index in [-0.39, 0.29) is 6.10 Å². The van der Waals surface area contributed by atoms with Crippen LogP contribution in [-0.4, -0.2) is 38.2 Å². The lowest BCUT2D eigenvalue weighted by Gasteiger charge is -2.42. The third-order valence-corrected chi connectivity index (χ3v) is 3.10. The summed E-state index contributed by atoms with van der Waals surface area (Å²) in [7, 11) is 0. The van der Waals surface area contributed by atoms with Crippen LogP contribution in [-0.2, 0) is 17.7 Å². The maximum Gasteiger partial charge on any atom is 0.138 e. The SMILES string of the molecule is CCOC1CC(O)(Cc2ncnn2CC)C1. The minimum atomic E-state index is -0.639. The predicted octanol–water partition coefficient (Wildman–Crippen LogP) is 0.770. The van der Waals surface area contributed by atoms with Crippen molar-refractivity contribution in [2.45, 2.75) is 51.4 Å². The van der Waals surface area contributed by atoms with Crippen LogP contribution in [0.15, 0.2) is 6.33 Å². The molecule has 5 nitrogen and oxygen atoms in total. The Kier molecular flexibility index (Phi) is 3.25. The molecule has 1 heterocycles. The minimum absolute atomic E-state index is 0.216.